The fourth-order valence-corrected chi connectivity index (χ4v) is 3.59. The number of H-pyrrole nitrogens is 1. The van der Waals surface area contributed by atoms with Gasteiger partial charge in [-0.2, -0.15) is 10.3 Å². The van der Waals surface area contributed by atoms with E-state index in [2.05, 4.69) is 69.9 Å². The van der Waals surface area contributed by atoms with Crippen LogP contribution in [0.4, 0.5) is 0 Å². The minimum absolute atomic E-state index is 0.0327. The Hall–Kier alpha value is -3.55. The molecule has 0 aliphatic rings. The molecule has 0 amide bonds. The predicted molar refractivity (Wildman–Crippen MR) is 120 cm³/mol. The van der Waals surface area contributed by atoms with Gasteiger partial charge in [-0.15, -0.1) is 10.2 Å². The Morgan fingerprint density at radius 2 is 1.81 bits per heavy atom. The third kappa shape index (κ3) is 4.33. The van der Waals surface area contributed by atoms with E-state index in [9.17, 15) is 4.79 Å². The summed E-state index contributed by atoms with van der Waals surface area (Å²) in [4.78, 5) is 13.0. The molecule has 0 saturated heterocycles. The first-order chi connectivity index (χ1) is 15.1. The molecule has 160 valence electrons. The zero-order chi connectivity index (χ0) is 21.8. The molecule has 0 bridgehead atoms. The molecule has 0 spiro atoms. The molecular formula is C23H27N7O. The molecule has 0 aliphatic heterocycles. The summed E-state index contributed by atoms with van der Waals surface area (Å²) >= 11 is 0. The Labute approximate surface area is 180 Å². The average molecular weight is 418 g/mol. The van der Waals surface area contributed by atoms with Gasteiger partial charge in [-0.25, -0.2) is 9.48 Å². The monoisotopic (exact) mass is 417 g/mol. The number of hydrogen-bond donors (Lipinski definition) is 1. The zero-order valence-corrected chi connectivity index (χ0v) is 18.1. The molecule has 2 aromatic heterocycles. The Bertz CT molecular complexity index is 1190. The van der Waals surface area contributed by atoms with Crippen molar-refractivity contribution in [1.29, 1.82) is 0 Å². The third-order valence-electron chi connectivity index (χ3n) is 5.54. The van der Waals surface area contributed by atoms with Gasteiger partial charge in [-0.1, -0.05) is 56.3 Å². The minimum atomic E-state index is -0.0327. The molecule has 0 radical (unpaired) electrons. The summed E-state index contributed by atoms with van der Waals surface area (Å²) in [7, 11) is 0. The summed E-state index contributed by atoms with van der Waals surface area (Å²) in [6, 6.07) is 16.4. The van der Waals surface area contributed by atoms with E-state index in [1.807, 2.05) is 29.7 Å². The van der Waals surface area contributed by atoms with Crippen LogP contribution in [0.5, 0.6) is 0 Å². The second kappa shape index (κ2) is 9.07. The molecular weight excluding hydrogens is 390 g/mol. The van der Waals surface area contributed by atoms with E-state index < -0.39 is 0 Å². The maximum Gasteiger partial charge on any atom is 0.346 e. The maximum atomic E-state index is 13.0. The number of rotatable bonds is 8. The largest absolute Gasteiger partial charge is 0.346 e. The smallest absolute Gasteiger partial charge is 0.274 e. The van der Waals surface area contributed by atoms with E-state index in [1.165, 1.54) is 0 Å². The van der Waals surface area contributed by atoms with Crippen LogP contribution in [0.3, 0.4) is 0 Å². The lowest BCUT2D eigenvalue weighted by molar-refractivity contribution is 0.456. The highest BCUT2D eigenvalue weighted by Crippen LogP contribution is 2.24. The second-order valence-electron chi connectivity index (χ2n) is 7.75. The fourth-order valence-electron chi connectivity index (χ4n) is 3.59. The van der Waals surface area contributed by atoms with Crippen LogP contribution in [0.1, 0.15) is 51.0 Å². The third-order valence-corrected chi connectivity index (χ3v) is 5.54. The van der Waals surface area contributed by atoms with Gasteiger partial charge in [0, 0.05) is 12.0 Å². The van der Waals surface area contributed by atoms with Crippen molar-refractivity contribution in [3.05, 3.63) is 70.4 Å². The van der Waals surface area contributed by atoms with Crippen molar-refractivity contribution in [1.82, 2.24) is 35.0 Å². The molecule has 8 nitrogen and oxygen atoms in total. The molecule has 1 atom stereocenters. The minimum Gasteiger partial charge on any atom is -0.274 e. The maximum absolute atomic E-state index is 13.0. The van der Waals surface area contributed by atoms with Crippen LogP contribution in [0.2, 0.25) is 0 Å². The van der Waals surface area contributed by atoms with Crippen LogP contribution in [-0.4, -0.2) is 35.0 Å². The number of nitrogens with zero attached hydrogens (tertiary/aromatic N) is 6. The summed E-state index contributed by atoms with van der Waals surface area (Å²) in [5.74, 6) is 1.42. The van der Waals surface area contributed by atoms with Gasteiger partial charge in [0.25, 0.3) is 0 Å². The van der Waals surface area contributed by atoms with Gasteiger partial charge in [0.1, 0.15) is 5.82 Å². The number of aromatic nitrogens is 7. The summed E-state index contributed by atoms with van der Waals surface area (Å²) in [6.45, 7) is 6.73. The van der Waals surface area contributed by atoms with Crippen molar-refractivity contribution >= 4 is 0 Å². The lowest BCUT2D eigenvalue weighted by Gasteiger charge is -2.08. The molecule has 31 heavy (non-hydrogen) atoms. The molecule has 4 rings (SSSR count). The van der Waals surface area contributed by atoms with Crippen molar-refractivity contribution < 1.29 is 0 Å². The van der Waals surface area contributed by atoms with E-state index in [0.717, 1.165) is 47.3 Å². The van der Waals surface area contributed by atoms with Gasteiger partial charge in [-0.3, -0.25) is 4.57 Å². The quantitative estimate of drug-likeness (QED) is 0.470. The van der Waals surface area contributed by atoms with Crippen LogP contribution in [0, 0.1) is 0 Å². The average Bonchev–Trinajstić information content (AvgIpc) is 3.44. The van der Waals surface area contributed by atoms with Crippen LogP contribution < -0.4 is 5.69 Å². The molecule has 2 aromatic carbocycles. The number of aryl methyl sites for hydroxylation is 1. The Kier molecular flexibility index (Phi) is 6.06. The summed E-state index contributed by atoms with van der Waals surface area (Å²) in [5.41, 5.74) is 4.10. The predicted octanol–water partition coefficient (Wildman–Crippen LogP) is 3.86. The van der Waals surface area contributed by atoms with Crippen LogP contribution in [0.25, 0.3) is 22.5 Å². The van der Waals surface area contributed by atoms with Gasteiger partial charge >= 0.3 is 5.69 Å². The van der Waals surface area contributed by atoms with Gasteiger partial charge in [0.2, 0.25) is 5.82 Å². The number of benzene rings is 2. The van der Waals surface area contributed by atoms with Crippen LogP contribution in [-0.2, 0) is 13.0 Å². The van der Waals surface area contributed by atoms with Crippen molar-refractivity contribution in [3.63, 3.8) is 0 Å². The lowest BCUT2D eigenvalue weighted by Crippen LogP contribution is -2.27. The highest BCUT2D eigenvalue weighted by Gasteiger charge is 2.16. The number of hydrogen-bond acceptors (Lipinski definition) is 5. The zero-order valence-electron chi connectivity index (χ0n) is 18.1. The molecule has 1 unspecified atom stereocenters. The standard InChI is InChI=1S/C23H27N7O/c1-4-7-21-26-30(16(3)5-2)23(31)29(21)15-17-10-12-18(13-11-17)19-8-6-9-20(14-19)22-24-27-28-25-22/h6,8-14,16H,4-5,7,15H2,1-3H3,(H,24,25,27,28). The molecule has 0 fully saturated rings. The summed E-state index contributed by atoms with van der Waals surface area (Å²) in [5, 5.41) is 18.8. The SMILES string of the molecule is CCCc1nn(C(C)CC)c(=O)n1Cc1ccc(-c2cccc(-c3nn[nH]n3)c2)cc1. The van der Waals surface area contributed by atoms with Gasteiger partial charge in [0.05, 0.1) is 12.6 Å². The first-order valence-electron chi connectivity index (χ1n) is 10.7. The van der Waals surface area contributed by atoms with Crippen molar-refractivity contribution in [2.45, 2.75) is 52.6 Å². The Balaban J connectivity index is 1.59. The number of nitrogens with one attached hydrogen (secondary N) is 1. The van der Waals surface area contributed by atoms with Crippen molar-refractivity contribution in [2.24, 2.45) is 0 Å². The Morgan fingerprint density at radius 1 is 1.03 bits per heavy atom. The van der Waals surface area contributed by atoms with Crippen LogP contribution >= 0.6 is 0 Å². The summed E-state index contributed by atoms with van der Waals surface area (Å²) < 4.78 is 3.43. The highest BCUT2D eigenvalue weighted by atomic mass is 16.2. The Morgan fingerprint density at radius 3 is 2.48 bits per heavy atom. The summed E-state index contributed by atoms with van der Waals surface area (Å²) in [6.07, 6.45) is 2.62. The van der Waals surface area contributed by atoms with Gasteiger partial charge in [-0.05, 0) is 47.7 Å². The molecule has 2 heterocycles. The first kappa shape index (κ1) is 20.7. The number of aromatic amines is 1. The van der Waals surface area contributed by atoms with E-state index in [4.69, 9.17) is 0 Å². The lowest BCUT2D eigenvalue weighted by atomic mass is 10.0. The van der Waals surface area contributed by atoms with Gasteiger partial charge in [0.15, 0.2) is 0 Å². The second-order valence-corrected chi connectivity index (χ2v) is 7.75. The van der Waals surface area contributed by atoms with Gasteiger partial charge < -0.3 is 0 Å². The first-order valence-corrected chi connectivity index (χ1v) is 10.7. The topological polar surface area (TPSA) is 94.3 Å². The highest BCUT2D eigenvalue weighted by molar-refractivity contribution is 5.70. The van der Waals surface area contributed by atoms with E-state index in [0.29, 0.717) is 12.4 Å². The molecule has 1 N–H and O–H groups in total. The molecule has 8 heteroatoms. The van der Waals surface area contributed by atoms with E-state index in [-0.39, 0.29) is 11.7 Å². The molecule has 0 aliphatic carbocycles. The number of tetrazole rings is 1. The molecule has 0 saturated carbocycles. The molecule has 4 aromatic rings. The van der Waals surface area contributed by atoms with Crippen LogP contribution in [0.15, 0.2) is 53.3 Å². The van der Waals surface area contributed by atoms with E-state index in [1.54, 1.807) is 4.68 Å². The van der Waals surface area contributed by atoms with E-state index >= 15 is 0 Å². The van der Waals surface area contributed by atoms with Crippen molar-refractivity contribution in [3.8, 4) is 22.5 Å². The fraction of sp³-hybridized carbons (Fsp3) is 0.348. The normalized spacial score (nSPS) is 12.2. The van der Waals surface area contributed by atoms with Crippen molar-refractivity contribution in [2.75, 3.05) is 0 Å².